The van der Waals surface area contributed by atoms with Crippen LogP contribution in [0.4, 0.5) is 11.4 Å². The van der Waals surface area contributed by atoms with Crippen molar-refractivity contribution >= 4 is 17.3 Å². The van der Waals surface area contributed by atoms with E-state index in [1.54, 1.807) is 18.2 Å². The first-order chi connectivity index (χ1) is 13.5. The SMILES string of the molecule is COC(=O)c1ccc([C@H]2Nc3c(OC)cc([N+](=O)[O-])cc3C3C=CCC32)cc1. The van der Waals surface area contributed by atoms with Gasteiger partial charge in [-0.15, -0.1) is 0 Å². The van der Waals surface area contributed by atoms with E-state index in [1.165, 1.54) is 20.3 Å². The molecule has 7 nitrogen and oxygen atoms in total. The minimum Gasteiger partial charge on any atom is -0.494 e. The molecular formula is C21H20N2O5. The van der Waals surface area contributed by atoms with Gasteiger partial charge < -0.3 is 14.8 Å². The molecule has 0 saturated carbocycles. The molecule has 4 rings (SSSR count). The van der Waals surface area contributed by atoms with E-state index in [4.69, 9.17) is 9.47 Å². The second-order valence-corrected chi connectivity index (χ2v) is 6.96. The molecule has 2 aromatic rings. The zero-order chi connectivity index (χ0) is 19.8. The van der Waals surface area contributed by atoms with Gasteiger partial charge in [-0.3, -0.25) is 10.1 Å². The van der Waals surface area contributed by atoms with Gasteiger partial charge in [0.1, 0.15) is 5.75 Å². The second-order valence-electron chi connectivity index (χ2n) is 6.96. The summed E-state index contributed by atoms with van der Waals surface area (Å²) in [6, 6.07) is 10.4. The Kier molecular flexibility index (Phi) is 4.50. The largest absolute Gasteiger partial charge is 0.494 e. The average molecular weight is 380 g/mol. The predicted molar refractivity (Wildman–Crippen MR) is 104 cm³/mol. The Balaban J connectivity index is 1.76. The fraction of sp³-hybridized carbons (Fsp3) is 0.286. The van der Waals surface area contributed by atoms with Crippen LogP contribution in [0.5, 0.6) is 5.75 Å². The lowest BCUT2D eigenvalue weighted by molar-refractivity contribution is -0.385. The van der Waals surface area contributed by atoms with Crippen molar-refractivity contribution in [2.24, 2.45) is 5.92 Å². The smallest absolute Gasteiger partial charge is 0.337 e. The Morgan fingerprint density at radius 1 is 1.21 bits per heavy atom. The van der Waals surface area contributed by atoms with Crippen LogP contribution in [0.25, 0.3) is 0 Å². The van der Waals surface area contributed by atoms with Crippen LogP contribution in [0, 0.1) is 16.0 Å². The number of nitro groups is 1. The third-order valence-electron chi connectivity index (χ3n) is 5.54. The van der Waals surface area contributed by atoms with E-state index in [1.807, 2.05) is 12.1 Å². The van der Waals surface area contributed by atoms with Crippen LogP contribution in [0.1, 0.15) is 39.9 Å². The summed E-state index contributed by atoms with van der Waals surface area (Å²) in [6.07, 6.45) is 5.10. The van der Waals surface area contributed by atoms with E-state index in [9.17, 15) is 14.9 Å². The van der Waals surface area contributed by atoms with Gasteiger partial charge in [0, 0.05) is 12.0 Å². The summed E-state index contributed by atoms with van der Waals surface area (Å²) in [5.74, 6) is 0.375. The molecule has 2 aromatic carbocycles. The van der Waals surface area contributed by atoms with Gasteiger partial charge in [0.25, 0.3) is 5.69 Å². The zero-order valence-electron chi connectivity index (χ0n) is 15.5. The highest BCUT2D eigenvalue weighted by atomic mass is 16.6. The number of esters is 1. The van der Waals surface area contributed by atoms with Gasteiger partial charge in [-0.25, -0.2) is 4.79 Å². The van der Waals surface area contributed by atoms with Crippen molar-refractivity contribution in [1.82, 2.24) is 0 Å². The molecular weight excluding hydrogens is 360 g/mol. The van der Waals surface area contributed by atoms with Crippen LogP contribution in [0.2, 0.25) is 0 Å². The number of carbonyl (C=O) groups excluding carboxylic acids is 1. The summed E-state index contributed by atoms with van der Waals surface area (Å²) in [5, 5.41) is 14.8. The number of benzene rings is 2. The molecule has 28 heavy (non-hydrogen) atoms. The summed E-state index contributed by atoms with van der Waals surface area (Å²) >= 11 is 0. The van der Waals surface area contributed by atoms with Crippen molar-refractivity contribution in [3.05, 3.63) is 75.4 Å². The summed E-state index contributed by atoms with van der Waals surface area (Å²) in [4.78, 5) is 22.6. The van der Waals surface area contributed by atoms with Crippen molar-refractivity contribution in [3.63, 3.8) is 0 Å². The van der Waals surface area contributed by atoms with Crippen LogP contribution in [-0.2, 0) is 4.74 Å². The molecule has 0 radical (unpaired) electrons. The Bertz CT molecular complexity index is 968. The maximum atomic E-state index is 11.7. The molecule has 144 valence electrons. The third kappa shape index (κ3) is 2.89. The van der Waals surface area contributed by atoms with Crippen molar-refractivity contribution in [1.29, 1.82) is 0 Å². The number of carbonyl (C=O) groups is 1. The van der Waals surface area contributed by atoms with E-state index in [0.29, 0.717) is 11.3 Å². The molecule has 0 amide bonds. The van der Waals surface area contributed by atoms with Gasteiger partial charge in [0.15, 0.2) is 0 Å². The highest BCUT2D eigenvalue weighted by Crippen LogP contribution is 2.53. The first kappa shape index (κ1) is 18.0. The van der Waals surface area contributed by atoms with Crippen LogP contribution in [0.15, 0.2) is 48.6 Å². The number of fused-ring (bicyclic) bond motifs is 3. The molecule has 7 heteroatoms. The summed E-state index contributed by atoms with van der Waals surface area (Å²) in [5.41, 5.74) is 3.22. The number of hydrogen-bond donors (Lipinski definition) is 1. The standard InChI is InChI=1S/C21H20N2O5/c1-27-18-11-14(23(25)26)10-17-15-4-3-5-16(15)19(22-20(17)18)12-6-8-13(9-7-12)21(24)28-2/h3-4,6-11,15-16,19,22H,5H2,1-2H3/t15?,16?,19-/m1/s1. The minimum atomic E-state index is -0.395. The number of hydrogen-bond acceptors (Lipinski definition) is 6. The Morgan fingerprint density at radius 3 is 2.61 bits per heavy atom. The third-order valence-corrected chi connectivity index (χ3v) is 5.54. The molecule has 2 unspecified atom stereocenters. The average Bonchev–Trinajstić information content (AvgIpc) is 3.22. The summed E-state index contributed by atoms with van der Waals surface area (Å²) in [7, 11) is 2.87. The fourth-order valence-corrected chi connectivity index (χ4v) is 4.19. The summed E-state index contributed by atoms with van der Waals surface area (Å²) in [6.45, 7) is 0. The molecule has 0 spiro atoms. The number of allylic oxidation sites excluding steroid dienone is 2. The molecule has 1 N–H and O–H groups in total. The maximum Gasteiger partial charge on any atom is 0.337 e. The van der Waals surface area contributed by atoms with Gasteiger partial charge >= 0.3 is 5.97 Å². The molecule has 2 aliphatic rings. The number of methoxy groups -OCH3 is 2. The van der Waals surface area contributed by atoms with Crippen molar-refractivity contribution in [2.75, 3.05) is 19.5 Å². The van der Waals surface area contributed by atoms with E-state index in [2.05, 4.69) is 17.5 Å². The van der Waals surface area contributed by atoms with Gasteiger partial charge in [-0.1, -0.05) is 24.3 Å². The number of rotatable bonds is 4. The van der Waals surface area contributed by atoms with Gasteiger partial charge in [-0.05, 0) is 35.6 Å². The normalized spacial score (nSPS) is 22.0. The molecule has 1 aliphatic carbocycles. The van der Waals surface area contributed by atoms with Crippen LogP contribution in [-0.4, -0.2) is 25.1 Å². The van der Waals surface area contributed by atoms with Crippen molar-refractivity contribution in [2.45, 2.75) is 18.4 Å². The Morgan fingerprint density at radius 2 is 1.96 bits per heavy atom. The lowest BCUT2D eigenvalue weighted by atomic mass is 9.76. The topological polar surface area (TPSA) is 90.7 Å². The Labute approximate surface area is 162 Å². The van der Waals surface area contributed by atoms with E-state index < -0.39 is 4.92 Å². The number of nitrogens with zero attached hydrogens (tertiary/aromatic N) is 1. The predicted octanol–water partition coefficient (Wildman–Crippen LogP) is 4.22. The van der Waals surface area contributed by atoms with E-state index in [-0.39, 0.29) is 29.5 Å². The first-order valence-corrected chi connectivity index (χ1v) is 9.01. The summed E-state index contributed by atoms with van der Waals surface area (Å²) < 4.78 is 10.2. The van der Waals surface area contributed by atoms with Crippen molar-refractivity contribution < 1.29 is 19.2 Å². The number of non-ortho nitro benzene ring substituents is 1. The van der Waals surface area contributed by atoms with E-state index in [0.717, 1.165) is 23.2 Å². The lowest BCUT2D eigenvalue weighted by Gasteiger charge is -2.38. The Hall–Kier alpha value is -3.35. The van der Waals surface area contributed by atoms with Crippen LogP contribution < -0.4 is 10.1 Å². The molecule has 1 aliphatic heterocycles. The number of anilines is 1. The quantitative estimate of drug-likeness (QED) is 0.370. The second kappa shape index (κ2) is 6.99. The highest BCUT2D eigenvalue weighted by molar-refractivity contribution is 5.89. The molecule has 0 bridgehead atoms. The van der Waals surface area contributed by atoms with Crippen LogP contribution >= 0.6 is 0 Å². The minimum absolute atomic E-state index is 0.00504. The van der Waals surface area contributed by atoms with Gasteiger partial charge in [0.2, 0.25) is 0 Å². The maximum absolute atomic E-state index is 11.7. The zero-order valence-corrected chi connectivity index (χ0v) is 15.5. The van der Waals surface area contributed by atoms with Gasteiger partial charge in [0.05, 0.1) is 42.5 Å². The van der Waals surface area contributed by atoms with Crippen molar-refractivity contribution in [3.8, 4) is 5.75 Å². The molecule has 3 atom stereocenters. The monoisotopic (exact) mass is 380 g/mol. The number of nitro benzene ring substituents is 1. The molecule has 1 heterocycles. The lowest BCUT2D eigenvalue weighted by Crippen LogP contribution is -2.29. The van der Waals surface area contributed by atoms with E-state index >= 15 is 0 Å². The molecule has 0 fully saturated rings. The number of ether oxygens (including phenoxy) is 2. The molecule has 0 aromatic heterocycles. The van der Waals surface area contributed by atoms with Gasteiger partial charge in [-0.2, -0.15) is 0 Å². The molecule has 0 saturated heterocycles. The fourth-order valence-electron chi connectivity index (χ4n) is 4.19. The highest BCUT2D eigenvalue weighted by Gasteiger charge is 2.40. The number of nitrogens with one attached hydrogen (secondary N) is 1. The van der Waals surface area contributed by atoms with Crippen LogP contribution in [0.3, 0.4) is 0 Å². The first-order valence-electron chi connectivity index (χ1n) is 9.01.